The van der Waals surface area contributed by atoms with Crippen molar-refractivity contribution in [2.24, 2.45) is 7.05 Å². The van der Waals surface area contributed by atoms with Crippen molar-refractivity contribution in [1.82, 2.24) is 9.29 Å². The van der Waals surface area contributed by atoms with E-state index in [0.29, 0.717) is 18.5 Å². The van der Waals surface area contributed by atoms with Crippen LogP contribution in [0.3, 0.4) is 0 Å². The van der Waals surface area contributed by atoms with Gasteiger partial charge in [-0.1, -0.05) is 11.6 Å². The fourth-order valence-electron chi connectivity index (χ4n) is 3.00. The van der Waals surface area contributed by atoms with E-state index in [1.54, 1.807) is 0 Å². The standard InChI is InChI=1S/C17H20N2O5S/c1-19-15-8-7-13(11-14(15)16(20)24-17(19)21)25(22,23)18-10-9-12-5-3-2-4-6-12/h5,7-8,11,18H,2-4,6,9-10H2,1H3. The highest BCUT2D eigenvalue weighted by atomic mass is 32.2. The van der Waals surface area contributed by atoms with Gasteiger partial charge in [-0.25, -0.2) is 22.7 Å². The lowest BCUT2D eigenvalue weighted by Crippen LogP contribution is -2.26. The molecule has 0 atom stereocenters. The first-order chi connectivity index (χ1) is 11.9. The van der Waals surface area contributed by atoms with Crippen molar-refractivity contribution in [2.45, 2.75) is 37.0 Å². The van der Waals surface area contributed by atoms with Gasteiger partial charge in [-0.3, -0.25) is 4.57 Å². The zero-order chi connectivity index (χ0) is 18.0. The number of allylic oxidation sites excluding steroid dienone is 1. The molecule has 0 bridgehead atoms. The number of aromatic nitrogens is 1. The van der Waals surface area contributed by atoms with Crippen LogP contribution in [0.2, 0.25) is 0 Å². The first-order valence-electron chi connectivity index (χ1n) is 8.20. The number of benzene rings is 1. The lowest BCUT2D eigenvalue weighted by molar-refractivity contribution is 0.432. The largest absolute Gasteiger partial charge is 0.422 e. The molecule has 1 aromatic heterocycles. The smallest absolute Gasteiger partial charge is 0.372 e. The van der Waals surface area contributed by atoms with E-state index < -0.39 is 21.4 Å². The summed E-state index contributed by atoms with van der Waals surface area (Å²) in [4.78, 5) is 23.3. The fourth-order valence-corrected chi connectivity index (χ4v) is 4.06. The van der Waals surface area contributed by atoms with Gasteiger partial charge >= 0.3 is 11.4 Å². The highest BCUT2D eigenvalue weighted by Gasteiger charge is 2.17. The van der Waals surface area contributed by atoms with Crippen molar-refractivity contribution < 1.29 is 12.8 Å². The maximum absolute atomic E-state index is 12.4. The third-order valence-corrected chi connectivity index (χ3v) is 5.90. The zero-order valence-corrected chi connectivity index (χ0v) is 14.8. The Morgan fingerprint density at radius 1 is 1.24 bits per heavy atom. The van der Waals surface area contributed by atoms with Gasteiger partial charge in [-0.2, -0.15) is 0 Å². The molecule has 0 amide bonds. The normalized spacial score (nSPS) is 15.3. The van der Waals surface area contributed by atoms with E-state index >= 15 is 0 Å². The molecule has 0 radical (unpaired) electrons. The zero-order valence-electron chi connectivity index (χ0n) is 13.9. The number of nitrogens with one attached hydrogen (secondary N) is 1. The maximum atomic E-state index is 12.4. The SMILES string of the molecule is Cn1c(=O)oc(=O)c2cc(S(=O)(=O)NCCC3=CCCCC3)ccc21. The van der Waals surface area contributed by atoms with Crippen LogP contribution in [-0.2, 0) is 17.1 Å². The Hall–Kier alpha value is -2.19. The van der Waals surface area contributed by atoms with Crippen molar-refractivity contribution in [3.05, 3.63) is 50.8 Å². The monoisotopic (exact) mass is 364 g/mol. The highest BCUT2D eigenvalue weighted by molar-refractivity contribution is 7.89. The average Bonchev–Trinajstić information content (AvgIpc) is 2.60. The summed E-state index contributed by atoms with van der Waals surface area (Å²) in [7, 11) is -2.28. The summed E-state index contributed by atoms with van der Waals surface area (Å²) in [5.41, 5.74) is 0.762. The van der Waals surface area contributed by atoms with Gasteiger partial charge in [0.2, 0.25) is 10.0 Å². The Morgan fingerprint density at radius 3 is 2.76 bits per heavy atom. The number of nitrogens with zero attached hydrogens (tertiary/aromatic N) is 1. The van der Waals surface area contributed by atoms with E-state index in [4.69, 9.17) is 0 Å². The van der Waals surface area contributed by atoms with E-state index in [1.165, 1.54) is 37.2 Å². The predicted octanol–water partition coefficient (Wildman–Crippen LogP) is 1.66. The summed E-state index contributed by atoms with van der Waals surface area (Å²) in [6.07, 6.45) is 7.28. The minimum atomic E-state index is -3.74. The summed E-state index contributed by atoms with van der Waals surface area (Å²) < 4.78 is 33.2. The van der Waals surface area contributed by atoms with E-state index in [-0.39, 0.29) is 10.3 Å². The van der Waals surface area contributed by atoms with E-state index in [9.17, 15) is 18.0 Å². The van der Waals surface area contributed by atoms with Crippen LogP contribution < -0.4 is 16.1 Å². The molecule has 25 heavy (non-hydrogen) atoms. The molecule has 0 saturated heterocycles. The molecule has 0 saturated carbocycles. The number of hydrogen-bond donors (Lipinski definition) is 1. The van der Waals surface area contributed by atoms with E-state index in [2.05, 4.69) is 15.2 Å². The van der Waals surface area contributed by atoms with Gasteiger partial charge in [-0.15, -0.1) is 0 Å². The van der Waals surface area contributed by atoms with Gasteiger partial charge in [0.1, 0.15) is 0 Å². The number of fused-ring (bicyclic) bond motifs is 1. The molecule has 1 N–H and O–H groups in total. The molecule has 1 heterocycles. The van der Waals surface area contributed by atoms with Crippen LogP contribution in [0.5, 0.6) is 0 Å². The van der Waals surface area contributed by atoms with Crippen LogP contribution in [0.1, 0.15) is 32.1 Å². The van der Waals surface area contributed by atoms with Crippen LogP contribution >= 0.6 is 0 Å². The molecule has 134 valence electrons. The van der Waals surface area contributed by atoms with Crippen molar-refractivity contribution in [3.8, 4) is 0 Å². The molecule has 7 nitrogen and oxygen atoms in total. The third-order valence-electron chi connectivity index (χ3n) is 4.44. The summed E-state index contributed by atoms with van der Waals surface area (Å²) >= 11 is 0. The molecule has 1 aliphatic rings. The Kier molecular flexibility index (Phi) is 4.91. The number of sulfonamides is 1. The topological polar surface area (TPSA) is 98.4 Å². The van der Waals surface area contributed by atoms with Crippen LogP contribution in [-0.4, -0.2) is 19.5 Å². The van der Waals surface area contributed by atoms with E-state index in [0.717, 1.165) is 23.8 Å². The van der Waals surface area contributed by atoms with Crippen molar-refractivity contribution in [2.75, 3.05) is 6.54 Å². The number of hydrogen-bond acceptors (Lipinski definition) is 5. The van der Waals surface area contributed by atoms with Gasteiger partial charge in [-0.05, 0) is 50.3 Å². The second-order valence-electron chi connectivity index (χ2n) is 6.15. The van der Waals surface area contributed by atoms with Gasteiger partial charge in [0.25, 0.3) is 0 Å². The van der Waals surface area contributed by atoms with Crippen LogP contribution in [0.4, 0.5) is 0 Å². The summed E-state index contributed by atoms with van der Waals surface area (Å²) in [5.74, 6) is -0.785. The van der Waals surface area contributed by atoms with Crippen LogP contribution in [0.25, 0.3) is 10.9 Å². The molecular weight excluding hydrogens is 344 g/mol. The molecular formula is C17H20N2O5S. The molecule has 1 aromatic carbocycles. The number of aryl methyl sites for hydroxylation is 1. The van der Waals surface area contributed by atoms with E-state index in [1.807, 2.05) is 0 Å². The molecule has 2 aromatic rings. The number of rotatable bonds is 5. The van der Waals surface area contributed by atoms with Crippen molar-refractivity contribution >= 4 is 20.9 Å². The minimum Gasteiger partial charge on any atom is -0.372 e. The average molecular weight is 364 g/mol. The molecule has 0 fully saturated rings. The maximum Gasteiger partial charge on any atom is 0.422 e. The van der Waals surface area contributed by atoms with Gasteiger partial charge in [0.05, 0.1) is 15.8 Å². The molecule has 0 aliphatic heterocycles. The third kappa shape index (κ3) is 3.74. The Labute approximate surface area is 145 Å². The molecule has 0 unspecified atom stereocenters. The molecule has 8 heteroatoms. The first-order valence-corrected chi connectivity index (χ1v) is 9.68. The van der Waals surface area contributed by atoms with Crippen LogP contribution in [0, 0.1) is 0 Å². The summed E-state index contributed by atoms with van der Waals surface area (Å²) in [6.45, 7) is 0.314. The highest BCUT2D eigenvalue weighted by Crippen LogP contribution is 2.20. The second kappa shape index (κ2) is 6.97. The lowest BCUT2D eigenvalue weighted by Gasteiger charge is -2.13. The fraction of sp³-hybridized carbons (Fsp3) is 0.412. The van der Waals surface area contributed by atoms with Gasteiger partial charge in [0, 0.05) is 13.6 Å². The minimum absolute atomic E-state index is 0.0245. The Bertz CT molecular complexity index is 1050. The molecule has 0 spiro atoms. The molecule has 1 aliphatic carbocycles. The Morgan fingerprint density at radius 2 is 2.04 bits per heavy atom. The van der Waals surface area contributed by atoms with Crippen molar-refractivity contribution in [1.29, 1.82) is 0 Å². The Balaban J connectivity index is 1.83. The lowest BCUT2D eigenvalue weighted by atomic mass is 9.97. The summed E-state index contributed by atoms with van der Waals surface area (Å²) in [5, 5.41) is 0.0555. The van der Waals surface area contributed by atoms with Gasteiger partial charge in [0.15, 0.2) is 0 Å². The van der Waals surface area contributed by atoms with Crippen molar-refractivity contribution in [3.63, 3.8) is 0 Å². The first kappa shape index (κ1) is 17.6. The second-order valence-corrected chi connectivity index (χ2v) is 7.92. The quantitative estimate of drug-likeness (QED) is 0.814. The molecule has 3 rings (SSSR count). The summed E-state index contributed by atoms with van der Waals surface area (Å²) in [6, 6.07) is 4.05. The van der Waals surface area contributed by atoms with Gasteiger partial charge < -0.3 is 4.42 Å². The predicted molar refractivity (Wildman–Crippen MR) is 94.1 cm³/mol. The van der Waals surface area contributed by atoms with Crippen LogP contribution in [0.15, 0.2) is 48.7 Å².